The number of nitrogens with two attached hydrogens (primary N) is 1. The minimum absolute atomic E-state index is 0.0419. The van der Waals surface area contributed by atoms with E-state index in [1.165, 1.54) is 22.6 Å². The first-order valence-corrected chi connectivity index (χ1v) is 6.60. The summed E-state index contributed by atoms with van der Waals surface area (Å²) in [4.78, 5) is 3.82. The van der Waals surface area contributed by atoms with E-state index >= 15 is 0 Å². The number of rotatable bonds is 5. The molecular formula is C10H17N3O2S. The molecule has 1 aromatic heterocycles. The van der Waals surface area contributed by atoms with E-state index in [9.17, 15) is 8.42 Å². The van der Waals surface area contributed by atoms with Gasteiger partial charge < -0.3 is 5.73 Å². The van der Waals surface area contributed by atoms with Gasteiger partial charge in [0.25, 0.3) is 10.0 Å². The maximum atomic E-state index is 12.0. The molecule has 5 nitrogen and oxygen atoms in total. The fourth-order valence-electron chi connectivity index (χ4n) is 1.20. The molecule has 0 aliphatic carbocycles. The van der Waals surface area contributed by atoms with E-state index in [4.69, 9.17) is 5.73 Å². The first-order chi connectivity index (χ1) is 7.48. The highest BCUT2D eigenvalue weighted by Crippen LogP contribution is 2.13. The summed E-state index contributed by atoms with van der Waals surface area (Å²) in [6.07, 6.45) is 3.14. The molecule has 2 N–H and O–H groups in total. The highest BCUT2D eigenvalue weighted by molar-refractivity contribution is 7.89. The molecule has 0 fully saturated rings. The largest absolute Gasteiger partial charge is 0.397 e. The van der Waals surface area contributed by atoms with Crippen molar-refractivity contribution in [2.45, 2.75) is 24.8 Å². The number of hydrogen-bond acceptors (Lipinski definition) is 4. The number of anilines is 1. The molecule has 0 aliphatic rings. The second-order valence-electron chi connectivity index (χ2n) is 3.61. The van der Waals surface area contributed by atoms with Crippen molar-refractivity contribution >= 4 is 15.7 Å². The number of aromatic nitrogens is 1. The van der Waals surface area contributed by atoms with Gasteiger partial charge >= 0.3 is 0 Å². The van der Waals surface area contributed by atoms with E-state index in [-0.39, 0.29) is 5.03 Å². The zero-order valence-electron chi connectivity index (χ0n) is 9.55. The molecule has 0 saturated carbocycles. The van der Waals surface area contributed by atoms with Gasteiger partial charge in [0.05, 0.1) is 11.9 Å². The smallest absolute Gasteiger partial charge is 0.260 e. The van der Waals surface area contributed by atoms with Crippen LogP contribution in [0.3, 0.4) is 0 Å². The average molecular weight is 243 g/mol. The fraction of sp³-hybridized carbons (Fsp3) is 0.500. The highest BCUT2D eigenvalue weighted by Gasteiger charge is 2.21. The number of unbranched alkanes of at least 4 members (excludes halogenated alkanes) is 1. The molecular weight excluding hydrogens is 226 g/mol. The van der Waals surface area contributed by atoms with Crippen LogP contribution in [-0.4, -0.2) is 31.3 Å². The maximum absolute atomic E-state index is 12.0. The van der Waals surface area contributed by atoms with Crippen LogP contribution in [0.25, 0.3) is 0 Å². The number of hydrogen-bond donors (Lipinski definition) is 1. The zero-order valence-corrected chi connectivity index (χ0v) is 10.4. The lowest BCUT2D eigenvalue weighted by molar-refractivity contribution is 0.457. The lowest BCUT2D eigenvalue weighted by Crippen LogP contribution is -2.28. The molecule has 1 aromatic rings. The molecule has 0 unspecified atom stereocenters. The summed E-state index contributed by atoms with van der Waals surface area (Å²) >= 11 is 0. The quantitative estimate of drug-likeness (QED) is 0.839. The van der Waals surface area contributed by atoms with Crippen LogP contribution >= 0.6 is 0 Å². The van der Waals surface area contributed by atoms with Gasteiger partial charge in [-0.15, -0.1) is 0 Å². The van der Waals surface area contributed by atoms with Crippen LogP contribution in [0.1, 0.15) is 19.8 Å². The molecule has 16 heavy (non-hydrogen) atoms. The van der Waals surface area contributed by atoms with Gasteiger partial charge in [0.15, 0.2) is 5.03 Å². The Morgan fingerprint density at radius 1 is 1.44 bits per heavy atom. The second-order valence-corrected chi connectivity index (χ2v) is 5.60. The third-order valence-electron chi connectivity index (χ3n) is 2.26. The SMILES string of the molecule is CCCCN(C)S(=O)(=O)c1ccc(N)cn1. The fourth-order valence-corrected chi connectivity index (χ4v) is 2.32. The van der Waals surface area contributed by atoms with Crippen molar-refractivity contribution in [3.05, 3.63) is 18.3 Å². The van der Waals surface area contributed by atoms with Crippen LogP contribution in [0.2, 0.25) is 0 Å². The van der Waals surface area contributed by atoms with E-state index in [1.807, 2.05) is 6.92 Å². The van der Waals surface area contributed by atoms with Crippen molar-refractivity contribution in [3.8, 4) is 0 Å². The summed E-state index contributed by atoms with van der Waals surface area (Å²) in [5.74, 6) is 0. The Labute approximate surface area is 96.3 Å². The molecule has 1 heterocycles. The average Bonchev–Trinajstić information content (AvgIpc) is 2.26. The normalized spacial score (nSPS) is 11.9. The van der Waals surface area contributed by atoms with Gasteiger partial charge in [0.2, 0.25) is 0 Å². The minimum atomic E-state index is -3.46. The van der Waals surface area contributed by atoms with Gasteiger partial charge in [0, 0.05) is 13.6 Å². The summed E-state index contributed by atoms with van der Waals surface area (Å²) in [6.45, 7) is 2.52. The molecule has 6 heteroatoms. The van der Waals surface area contributed by atoms with Crippen LogP contribution in [0.15, 0.2) is 23.4 Å². The lowest BCUT2D eigenvalue weighted by Gasteiger charge is -2.15. The highest BCUT2D eigenvalue weighted by atomic mass is 32.2. The van der Waals surface area contributed by atoms with E-state index in [1.54, 1.807) is 7.05 Å². The van der Waals surface area contributed by atoms with E-state index in [0.29, 0.717) is 12.2 Å². The standard InChI is InChI=1S/C10H17N3O2S/c1-3-4-7-13(2)16(14,15)10-6-5-9(11)8-12-10/h5-6,8H,3-4,7,11H2,1-2H3. The van der Waals surface area contributed by atoms with Crippen LogP contribution in [-0.2, 0) is 10.0 Å². The van der Waals surface area contributed by atoms with Gasteiger partial charge in [-0.1, -0.05) is 13.3 Å². The van der Waals surface area contributed by atoms with Crippen molar-refractivity contribution < 1.29 is 8.42 Å². The summed E-state index contributed by atoms with van der Waals surface area (Å²) in [5.41, 5.74) is 5.91. The van der Waals surface area contributed by atoms with Crippen molar-refractivity contribution in [2.75, 3.05) is 19.3 Å². The number of sulfonamides is 1. The summed E-state index contributed by atoms with van der Waals surface area (Å²) in [6, 6.07) is 2.96. The Balaban J connectivity index is 2.89. The molecule has 90 valence electrons. The van der Waals surface area contributed by atoms with Crippen LogP contribution < -0.4 is 5.73 Å². The summed E-state index contributed by atoms with van der Waals surface area (Å²) < 4.78 is 25.3. The molecule has 0 saturated heterocycles. The Hall–Kier alpha value is -1.14. The van der Waals surface area contributed by atoms with Gasteiger partial charge in [-0.25, -0.2) is 13.4 Å². The molecule has 0 bridgehead atoms. The summed E-state index contributed by atoms with van der Waals surface area (Å²) in [5, 5.41) is 0.0419. The predicted octanol–water partition coefficient (Wildman–Crippen LogP) is 1.08. The van der Waals surface area contributed by atoms with Gasteiger partial charge in [0.1, 0.15) is 0 Å². The second kappa shape index (κ2) is 5.27. The van der Waals surface area contributed by atoms with E-state index < -0.39 is 10.0 Å². The number of nitrogens with zero attached hydrogens (tertiary/aromatic N) is 2. The molecule has 0 aromatic carbocycles. The van der Waals surface area contributed by atoms with Gasteiger partial charge in [-0.2, -0.15) is 4.31 Å². The predicted molar refractivity (Wildman–Crippen MR) is 63.4 cm³/mol. The molecule has 0 radical (unpaired) electrons. The van der Waals surface area contributed by atoms with Crippen molar-refractivity contribution in [2.24, 2.45) is 0 Å². The van der Waals surface area contributed by atoms with Crippen LogP contribution in [0, 0.1) is 0 Å². The Bertz CT molecular complexity index is 428. The molecule has 0 amide bonds. The Morgan fingerprint density at radius 3 is 2.62 bits per heavy atom. The Kier molecular flexibility index (Phi) is 4.26. The number of nitrogen functional groups attached to an aromatic ring is 1. The first kappa shape index (κ1) is 12.9. The topological polar surface area (TPSA) is 76.3 Å². The van der Waals surface area contributed by atoms with Gasteiger partial charge in [-0.3, -0.25) is 0 Å². The van der Waals surface area contributed by atoms with Crippen molar-refractivity contribution in [1.82, 2.24) is 9.29 Å². The van der Waals surface area contributed by atoms with Crippen LogP contribution in [0.5, 0.6) is 0 Å². The molecule has 1 rings (SSSR count). The van der Waals surface area contributed by atoms with E-state index in [2.05, 4.69) is 4.98 Å². The molecule has 0 atom stereocenters. The zero-order chi connectivity index (χ0) is 12.2. The third kappa shape index (κ3) is 2.93. The van der Waals surface area contributed by atoms with E-state index in [0.717, 1.165) is 12.8 Å². The summed E-state index contributed by atoms with van der Waals surface area (Å²) in [7, 11) is -1.90. The monoisotopic (exact) mass is 243 g/mol. The molecule has 0 aliphatic heterocycles. The number of pyridine rings is 1. The maximum Gasteiger partial charge on any atom is 0.260 e. The molecule has 0 spiro atoms. The minimum Gasteiger partial charge on any atom is -0.397 e. The first-order valence-electron chi connectivity index (χ1n) is 5.16. The van der Waals surface area contributed by atoms with Gasteiger partial charge in [-0.05, 0) is 18.6 Å². The Morgan fingerprint density at radius 2 is 2.12 bits per heavy atom. The lowest BCUT2D eigenvalue weighted by atomic mass is 10.3. The van der Waals surface area contributed by atoms with Crippen LogP contribution in [0.4, 0.5) is 5.69 Å². The third-order valence-corrected chi connectivity index (χ3v) is 4.03. The van der Waals surface area contributed by atoms with Crippen molar-refractivity contribution in [3.63, 3.8) is 0 Å². The van der Waals surface area contributed by atoms with Crippen molar-refractivity contribution in [1.29, 1.82) is 0 Å².